The molecule has 1 heterocycles. The third-order valence-electron chi connectivity index (χ3n) is 3.43. The zero-order valence-electron chi connectivity index (χ0n) is 10.9. The fraction of sp³-hybridized carbons (Fsp3) is 0.400. The third kappa shape index (κ3) is 2.80. The van der Waals surface area contributed by atoms with E-state index < -0.39 is 0 Å². The second kappa shape index (κ2) is 5.31. The van der Waals surface area contributed by atoms with Gasteiger partial charge in [-0.15, -0.1) is 11.3 Å². The first kappa shape index (κ1) is 12.6. The molecule has 0 amide bonds. The highest BCUT2D eigenvalue weighted by Gasteiger charge is 2.18. The number of thiazole rings is 1. The molecule has 0 saturated heterocycles. The summed E-state index contributed by atoms with van der Waals surface area (Å²) in [6, 6.07) is 6.02. The molecule has 1 N–H and O–H groups in total. The topological polar surface area (TPSA) is 42.4 Å². The minimum atomic E-state index is -0.339. The van der Waals surface area contributed by atoms with Crippen molar-refractivity contribution in [3.05, 3.63) is 45.4 Å². The van der Waals surface area contributed by atoms with Crippen LogP contribution < -0.4 is 4.74 Å². The molecule has 0 radical (unpaired) electrons. The van der Waals surface area contributed by atoms with Gasteiger partial charge in [-0.3, -0.25) is 0 Å². The van der Waals surface area contributed by atoms with E-state index in [1.165, 1.54) is 5.56 Å². The van der Waals surface area contributed by atoms with Crippen LogP contribution in [0.25, 0.3) is 0 Å². The number of benzene rings is 1. The number of aliphatic hydroxyl groups excluding tert-OH is 1. The lowest BCUT2D eigenvalue weighted by Crippen LogP contribution is -2.09. The first-order chi connectivity index (χ1) is 9.22. The number of hydrogen-bond acceptors (Lipinski definition) is 4. The Kier molecular flexibility index (Phi) is 3.53. The van der Waals surface area contributed by atoms with E-state index in [9.17, 15) is 5.11 Å². The van der Waals surface area contributed by atoms with E-state index in [0.717, 1.165) is 41.3 Å². The zero-order valence-corrected chi connectivity index (χ0v) is 11.7. The molecule has 1 aliphatic carbocycles. The van der Waals surface area contributed by atoms with Crippen molar-refractivity contribution in [1.82, 2.24) is 4.98 Å². The molecule has 0 aliphatic heterocycles. The molecular formula is C15H17NO2S. The molecule has 0 saturated carbocycles. The number of fused-ring (bicyclic) bond motifs is 1. The van der Waals surface area contributed by atoms with Crippen LogP contribution in [0.5, 0.6) is 5.75 Å². The van der Waals surface area contributed by atoms with Crippen LogP contribution in [0.4, 0.5) is 0 Å². The smallest absolute Gasteiger partial charge is 0.140 e. The highest BCUT2D eigenvalue weighted by atomic mass is 32.1. The lowest BCUT2D eigenvalue weighted by Gasteiger charge is -2.21. The molecule has 3 nitrogen and oxygen atoms in total. The standard InChI is InChI=1S/C15H17NO2S/c1-10-9-19-15(16-10)8-18-12-6-5-11-3-2-4-14(17)13(11)7-12/h5-7,9,14,17H,2-4,8H2,1H3/t14-/m1/s1. The molecule has 0 spiro atoms. The summed E-state index contributed by atoms with van der Waals surface area (Å²) in [6.45, 7) is 2.47. The van der Waals surface area contributed by atoms with Crippen molar-refractivity contribution < 1.29 is 9.84 Å². The molecule has 1 aliphatic rings. The predicted octanol–water partition coefficient (Wildman–Crippen LogP) is 3.40. The zero-order chi connectivity index (χ0) is 13.2. The molecule has 19 heavy (non-hydrogen) atoms. The summed E-state index contributed by atoms with van der Waals surface area (Å²) in [5.41, 5.74) is 3.31. The van der Waals surface area contributed by atoms with E-state index in [0.29, 0.717) is 6.61 Å². The average molecular weight is 275 g/mol. The molecule has 2 aromatic rings. The Morgan fingerprint density at radius 3 is 3.16 bits per heavy atom. The lowest BCUT2D eigenvalue weighted by molar-refractivity contribution is 0.156. The van der Waals surface area contributed by atoms with Crippen molar-refractivity contribution in [3.63, 3.8) is 0 Å². The number of nitrogens with zero attached hydrogens (tertiary/aromatic N) is 1. The van der Waals surface area contributed by atoms with E-state index in [4.69, 9.17) is 4.74 Å². The van der Waals surface area contributed by atoms with Crippen LogP contribution in [-0.2, 0) is 13.0 Å². The van der Waals surface area contributed by atoms with Crippen LogP contribution in [0.1, 0.15) is 40.8 Å². The largest absolute Gasteiger partial charge is 0.486 e. The van der Waals surface area contributed by atoms with Crippen LogP contribution in [0.2, 0.25) is 0 Å². The van der Waals surface area contributed by atoms with E-state index >= 15 is 0 Å². The lowest BCUT2D eigenvalue weighted by atomic mass is 9.89. The molecule has 0 bridgehead atoms. The minimum absolute atomic E-state index is 0.339. The fourth-order valence-corrected chi connectivity index (χ4v) is 3.14. The quantitative estimate of drug-likeness (QED) is 0.933. The Labute approximate surface area is 116 Å². The van der Waals surface area contributed by atoms with Crippen LogP contribution in [0.3, 0.4) is 0 Å². The Hall–Kier alpha value is -1.39. The van der Waals surface area contributed by atoms with Gasteiger partial charge >= 0.3 is 0 Å². The minimum Gasteiger partial charge on any atom is -0.486 e. The SMILES string of the molecule is Cc1csc(COc2ccc3c(c2)[C@H](O)CCC3)n1. The van der Waals surface area contributed by atoms with Crippen molar-refractivity contribution in [2.75, 3.05) is 0 Å². The van der Waals surface area contributed by atoms with Crippen molar-refractivity contribution in [2.24, 2.45) is 0 Å². The second-order valence-electron chi connectivity index (χ2n) is 4.94. The van der Waals surface area contributed by atoms with E-state index in [1.807, 2.05) is 24.4 Å². The van der Waals surface area contributed by atoms with E-state index in [1.54, 1.807) is 11.3 Å². The Morgan fingerprint density at radius 1 is 1.47 bits per heavy atom. The maximum Gasteiger partial charge on any atom is 0.140 e. The van der Waals surface area contributed by atoms with E-state index in [-0.39, 0.29) is 6.10 Å². The summed E-state index contributed by atoms with van der Waals surface area (Å²) < 4.78 is 5.76. The van der Waals surface area contributed by atoms with Crippen molar-refractivity contribution in [1.29, 1.82) is 0 Å². The van der Waals surface area contributed by atoms with Gasteiger partial charge in [0.15, 0.2) is 0 Å². The summed E-state index contributed by atoms with van der Waals surface area (Å²) in [5, 5.41) is 13.0. The third-order valence-corrected chi connectivity index (χ3v) is 4.37. The van der Waals surface area contributed by atoms with Crippen molar-refractivity contribution >= 4 is 11.3 Å². The van der Waals surface area contributed by atoms with Gasteiger partial charge in [-0.2, -0.15) is 0 Å². The highest BCUT2D eigenvalue weighted by molar-refractivity contribution is 7.09. The second-order valence-corrected chi connectivity index (χ2v) is 5.88. The fourth-order valence-electron chi connectivity index (χ4n) is 2.46. The number of rotatable bonds is 3. The first-order valence-corrected chi connectivity index (χ1v) is 7.45. The van der Waals surface area contributed by atoms with Crippen LogP contribution in [0.15, 0.2) is 23.6 Å². The summed E-state index contributed by atoms with van der Waals surface area (Å²) in [5.74, 6) is 0.813. The van der Waals surface area contributed by atoms with Crippen molar-refractivity contribution in [3.8, 4) is 5.75 Å². The molecular weight excluding hydrogens is 258 g/mol. The first-order valence-electron chi connectivity index (χ1n) is 6.57. The molecule has 1 atom stereocenters. The van der Waals surface area contributed by atoms with Gasteiger partial charge in [0.1, 0.15) is 17.4 Å². The number of aryl methyl sites for hydroxylation is 2. The molecule has 0 fully saturated rings. The van der Waals surface area contributed by atoms with Gasteiger partial charge < -0.3 is 9.84 Å². The maximum atomic E-state index is 10.0. The number of aromatic nitrogens is 1. The average Bonchev–Trinajstić information content (AvgIpc) is 2.83. The number of ether oxygens (including phenoxy) is 1. The molecule has 3 rings (SSSR count). The monoisotopic (exact) mass is 275 g/mol. The van der Waals surface area contributed by atoms with Gasteiger partial charge in [0.25, 0.3) is 0 Å². The number of aliphatic hydroxyl groups is 1. The molecule has 1 aromatic carbocycles. The van der Waals surface area contributed by atoms with Crippen molar-refractivity contribution in [2.45, 2.75) is 38.9 Å². The summed E-state index contributed by atoms with van der Waals surface area (Å²) >= 11 is 1.61. The van der Waals surface area contributed by atoms with Crippen LogP contribution in [-0.4, -0.2) is 10.1 Å². The predicted molar refractivity (Wildman–Crippen MR) is 75.5 cm³/mol. The molecule has 4 heteroatoms. The van der Waals surface area contributed by atoms with Gasteiger partial charge in [-0.05, 0) is 49.4 Å². The maximum absolute atomic E-state index is 10.0. The molecule has 100 valence electrons. The van der Waals surface area contributed by atoms with Gasteiger partial charge in [-0.1, -0.05) is 6.07 Å². The highest BCUT2D eigenvalue weighted by Crippen LogP contribution is 2.32. The summed E-state index contributed by atoms with van der Waals surface area (Å²) in [4.78, 5) is 4.37. The normalized spacial score (nSPS) is 18.1. The Morgan fingerprint density at radius 2 is 2.37 bits per heavy atom. The van der Waals surface area contributed by atoms with Crippen LogP contribution >= 0.6 is 11.3 Å². The molecule has 0 unspecified atom stereocenters. The number of hydrogen-bond donors (Lipinski definition) is 1. The summed E-state index contributed by atoms with van der Waals surface area (Å²) in [6.07, 6.45) is 2.63. The molecule has 1 aromatic heterocycles. The van der Waals surface area contributed by atoms with Crippen LogP contribution in [0, 0.1) is 6.92 Å². The summed E-state index contributed by atoms with van der Waals surface area (Å²) in [7, 11) is 0. The van der Waals surface area contributed by atoms with E-state index in [2.05, 4.69) is 11.1 Å². The Balaban J connectivity index is 1.73. The van der Waals surface area contributed by atoms with Gasteiger partial charge in [-0.25, -0.2) is 4.98 Å². The van der Waals surface area contributed by atoms with Gasteiger partial charge in [0.2, 0.25) is 0 Å². The van der Waals surface area contributed by atoms with Gasteiger partial charge in [0.05, 0.1) is 6.10 Å². The Bertz CT molecular complexity index is 579. The van der Waals surface area contributed by atoms with Gasteiger partial charge in [0, 0.05) is 11.1 Å².